The summed E-state index contributed by atoms with van der Waals surface area (Å²) in [5, 5.41) is 7.66. The van der Waals surface area contributed by atoms with Gasteiger partial charge in [-0.15, -0.1) is 22.7 Å². The molecule has 0 unspecified atom stereocenters. The quantitative estimate of drug-likeness (QED) is 0.749. The average molecular weight is 406 g/mol. The summed E-state index contributed by atoms with van der Waals surface area (Å²) in [6.45, 7) is 7.56. The first-order valence-corrected chi connectivity index (χ1v) is 11.4. The standard InChI is InChI=1S/C20H27N3O2S2/c1-13-14(2)26-18(23-13)4-3-8-22-19(24)17-12-15-16(27-17)5-11-25-20(15)6-9-21-10-7-20/h12,21H,3-11H2,1-2H3,(H,22,24). The molecule has 2 N–H and O–H groups in total. The minimum atomic E-state index is -0.172. The minimum absolute atomic E-state index is 0.0463. The molecular formula is C20H27N3O2S2. The molecule has 0 atom stereocenters. The summed E-state index contributed by atoms with van der Waals surface area (Å²) in [7, 11) is 0. The fraction of sp³-hybridized carbons (Fsp3) is 0.600. The Morgan fingerprint density at radius 3 is 2.89 bits per heavy atom. The number of carbonyl (C=O) groups excluding carboxylic acids is 1. The Labute approximate surface area is 168 Å². The molecule has 4 rings (SSSR count). The van der Waals surface area contributed by atoms with Crippen LogP contribution in [-0.4, -0.2) is 37.1 Å². The average Bonchev–Trinajstić information content (AvgIpc) is 3.24. The van der Waals surface area contributed by atoms with E-state index in [4.69, 9.17) is 4.74 Å². The van der Waals surface area contributed by atoms with E-state index < -0.39 is 0 Å². The highest BCUT2D eigenvalue weighted by Gasteiger charge is 2.40. The summed E-state index contributed by atoms with van der Waals surface area (Å²) in [4.78, 5) is 20.6. The first-order valence-electron chi connectivity index (χ1n) is 9.76. The van der Waals surface area contributed by atoms with Crippen molar-refractivity contribution in [2.75, 3.05) is 26.2 Å². The molecule has 7 heteroatoms. The van der Waals surface area contributed by atoms with Crippen molar-refractivity contribution in [3.8, 4) is 0 Å². The van der Waals surface area contributed by atoms with E-state index in [1.54, 1.807) is 22.7 Å². The lowest BCUT2D eigenvalue weighted by atomic mass is 9.83. The molecule has 0 saturated carbocycles. The molecule has 2 aliphatic heterocycles. The van der Waals surface area contributed by atoms with Crippen LogP contribution in [0.1, 0.15) is 55.0 Å². The lowest BCUT2D eigenvalue weighted by Crippen LogP contribution is -2.44. The molecule has 0 bridgehead atoms. The van der Waals surface area contributed by atoms with Gasteiger partial charge >= 0.3 is 0 Å². The van der Waals surface area contributed by atoms with Crippen LogP contribution in [0.2, 0.25) is 0 Å². The van der Waals surface area contributed by atoms with Crippen LogP contribution in [0.25, 0.3) is 0 Å². The van der Waals surface area contributed by atoms with Crippen molar-refractivity contribution in [3.05, 3.63) is 37.0 Å². The molecule has 0 aromatic carbocycles. The minimum Gasteiger partial charge on any atom is -0.370 e. The summed E-state index contributed by atoms with van der Waals surface area (Å²) in [6.07, 6.45) is 4.74. The molecule has 2 aliphatic rings. The summed E-state index contributed by atoms with van der Waals surface area (Å²) in [6, 6.07) is 2.09. The SMILES string of the molecule is Cc1nc(CCCNC(=O)c2cc3c(s2)CCOC32CCNCC2)sc1C. The molecule has 2 aromatic rings. The molecule has 146 valence electrons. The van der Waals surface area contributed by atoms with Gasteiger partial charge < -0.3 is 15.4 Å². The van der Waals surface area contributed by atoms with Crippen molar-refractivity contribution in [2.45, 2.75) is 51.6 Å². The Morgan fingerprint density at radius 1 is 1.33 bits per heavy atom. The number of aryl methyl sites for hydroxylation is 3. The van der Waals surface area contributed by atoms with E-state index in [9.17, 15) is 4.79 Å². The van der Waals surface area contributed by atoms with Gasteiger partial charge in [-0.2, -0.15) is 0 Å². The zero-order valence-corrected chi connectivity index (χ0v) is 17.7. The van der Waals surface area contributed by atoms with Crippen LogP contribution in [0.5, 0.6) is 0 Å². The van der Waals surface area contributed by atoms with Crippen LogP contribution in [0.15, 0.2) is 6.07 Å². The van der Waals surface area contributed by atoms with Gasteiger partial charge in [-0.3, -0.25) is 4.79 Å². The second kappa shape index (κ2) is 7.99. The first-order chi connectivity index (χ1) is 13.1. The maximum absolute atomic E-state index is 12.6. The van der Waals surface area contributed by atoms with Crippen LogP contribution in [-0.2, 0) is 23.2 Å². The third-order valence-corrected chi connectivity index (χ3v) is 7.89. The summed E-state index contributed by atoms with van der Waals surface area (Å²) in [5.74, 6) is 0.0463. The fourth-order valence-electron chi connectivity index (χ4n) is 3.95. The molecule has 5 nitrogen and oxygen atoms in total. The van der Waals surface area contributed by atoms with Crippen LogP contribution >= 0.6 is 22.7 Å². The lowest BCUT2D eigenvalue weighted by Gasteiger charge is -2.40. The third kappa shape index (κ3) is 3.97. The van der Waals surface area contributed by atoms with Gasteiger partial charge in [-0.1, -0.05) is 0 Å². The molecule has 1 fully saturated rings. The predicted molar refractivity (Wildman–Crippen MR) is 110 cm³/mol. The second-order valence-electron chi connectivity index (χ2n) is 7.40. The van der Waals surface area contributed by atoms with Crippen LogP contribution in [0, 0.1) is 13.8 Å². The van der Waals surface area contributed by atoms with Gasteiger partial charge in [-0.05, 0) is 57.8 Å². The van der Waals surface area contributed by atoms with Crippen LogP contribution < -0.4 is 10.6 Å². The van der Waals surface area contributed by atoms with E-state index in [2.05, 4.69) is 35.5 Å². The molecule has 1 spiro atoms. The number of fused-ring (bicyclic) bond motifs is 2. The zero-order valence-electron chi connectivity index (χ0n) is 16.0. The van der Waals surface area contributed by atoms with E-state index in [0.717, 1.165) is 67.4 Å². The molecule has 1 saturated heterocycles. The number of amides is 1. The summed E-state index contributed by atoms with van der Waals surface area (Å²) < 4.78 is 6.21. The number of carbonyl (C=O) groups is 1. The maximum atomic E-state index is 12.6. The van der Waals surface area contributed by atoms with Gasteiger partial charge in [0.25, 0.3) is 5.91 Å². The Balaban J connectivity index is 1.35. The Kier molecular flexibility index (Phi) is 5.64. The number of thiophene rings is 1. The van der Waals surface area contributed by atoms with E-state index in [-0.39, 0.29) is 11.5 Å². The normalized spacial score (nSPS) is 18.4. The highest BCUT2D eigenvalue weighted by molar-refractivity contribution is 7.14. The van der Waals surface area contributed by atoms with Crippen molar-refractivity contribution < 1.29 is 9.53 Å². The molecule has 4 heterocycles. The maximum Gasteiger partial charge on any atom is 0.261 e. The number of piperidine rings is 1. The van der Waals surface area contributed by atoms with Crippen LogP contribution in [0.4, 0.5) is 0 Å². The number of nitrogens with one attached hydrogen (secondary N) is 2. The van der Waals surface area contributed by atoms with E-state index in [0.29, 0.717) is 6.54 Å². The number of aromatic nitrogens is 1. The van der Waals surface area contributed by atoms with Gasteiger partial charge in [-0.25, -0.2) is 4.98 Å². The Bertz CT molecular complexity index is 802. The highest BCUT2D eigenvalue weighted by Crippen LogP contribution is 2.43. The van der Waals surface area contributed by atoms with Gasteiger partial charge in [0.15, 0.2) is 0 Å². The van der Waals surface area contributed by atoms with E-state index in [1.165, 1.54) is 15.3 Å². The van der Waals surface area contributed by atoms with E-state index in [1.807, 2.05) is 0 Å². The highest BCUT2D eigenvalue weighted by atomic mass is 32.1. The van der Waals surface area contributed by atoms with Gasteiger partial charge in [0, 0.05) is 29.1 Å². The number of nitrogens with zero attached hydrogens (tertiary/aromatic N) is 1. The predicted octanol–water partition coefficient (Wildman–Crippen LogP) is 3.34. The Morgan fingerprint density at radius 2 is 2.15 bits per heavy atom. The smallest absolute Gasteiger partial charge is 0.261 e. The largest absolute Gasteiger partial charge is 0.370 e. The molecule has 2 aromatic heterocycles. The molecule has 27 heavy (non-hydrogen) atoms. The number of hydrogen-bond acceptors (Lipinski definition) is 6. The van der Waals surface area contributed by atoms with Crippen molar-refractivity contribution >= 4 is 28.6 Å². The number of thiazole rings is 1. The lowest BCUT2D eigenvalue weighted by molar-refractivity contribution is -0.0792. The molecule has 1 amide bonds. The molecule has 0 aliphatic carbocycles. The van der Waals surface area contributed by atoms with Crippen molar-refractivity contribution in [1.29, 1.82) is 0 Å². The van der Waals surface area contributed by atoms with Gasteiger partial charge in [0.05, 0.1) is 27.8 Å². The topological polar surface area (TPSA) is 63.2 Å². The third-order valence-electron chi connectivity index (χ3n) is 5.57. The van der Waals surface area contributed by atoms with Crippen LogP contribution in [0.3, 0.4) is 0 Å². The Hall–Kier alpha value is -1.28. The number of ether oxygens (including phenoxy) is 1. The monoisotopic (exact) mass is 405 g/mol. The zero-order chi connectivity index (χ0) is 18.9. The second-order valence-corrected chi connectivity index (χ2v) is 9.82. The number of hydrogen-bond donors (Lipinski definition) is 2. The summed E-state index contributed by atoms with van der Waals surface area (Å²) in [5.41, 5.74) is 2.21. The first kappa shape index (κ1) is 19.1. The van der Waals surface area contributed by atoms with Gasteiger partial charge in [0.1, 0.15) is 0 Å². The van der Waals surface area contributed by atoms with E-state index >= 15 is 0 Å². The van der Waals surface area contributed by atoms with Crippen molar-refractivity contribution in [2.24, 2.45) is 0 Å². The van der Waals surface area contributed by atoms with Crippen molar-refractivity contribution in [3.63, 3.8) is 0 Å². The summed E-state index contributed by atoms with van der Waals surface area (Å²) >= 11 is 3.41. The molecular weight excluding hydrogens is 378 g/mol. The van der Waals surface area contributed by atoms with Gasteiger partial charge in [0.2, 0.25) is 0 Å². The number of rotatable bonds is 5. The van der Waals surface area contributed by atoms with Crippen molar-refractivity contribution in [1.82, 2.24) is 15.6 Å². The fourth-order valence-corrected chi connectivity index (χ4v) is 6.07. The molecule has 0 radical (unpaired) electrons.